The van der Waals surface area contributed by atoms with Crippen molar-refractivity contribution in [1.29, 1.82) is 0 Å². The predicted octanol–water partition coefficient (Wildman–Crippen LogP) is 2.07. The third-order valence-corrected chi connectivity index (χ3v) is 3.18. The summed E-state index contributed by atoms with van der Waals surface area (Å²) in [4.78, 5) is 22.4. The molecule has 0 saturated heterocycles. The molecule has 0 bridgehead atoms. The second-order valence-corrected chi connectivity index (χ2v) is 4.98. The Hall–Kier alpha value is -1.84. The summed E-state index contributed by atoms with van der Waals surface area (Å²) in [7, 11) is 0. The Balaban J connectivity index is 2.43. The van der Waals surface area contributed by atoms with Gasteiger partial charge in [0.1, 0.15) is 0 Å². The summed E-state index contributed by atoms with van der Waals surface area (Å²) in [6.07, 6.45) is 0.794. The molecule has 2 N–H and O–H groups in total. The molecular formula is C15H21NO3. The van der Waals surface area contributed by atoms with Crippen molar-refractivity contribution in [2.24, 2.45) is 5.92 Å². The number of rotatable bonds is 6. The Morgan fingerprint density at radius 1 is 1.32 bits per heavy atom. The fourth-order valence-corrected chi connectivity index (χ4v) is 1.78. The van der Waals surface area contributed by atoms with Crippen molar-refractivity contribution in [3.63, 3.8) is 0 Å². The molecule has 1 atom stereocenters. The highest BCUT2D eigenvalue weighted by atomic mass is 16.4. The number of carbonyl (C=O) groups is 2. The summed E-state index contributed by atoms with van der Waals surface area (Å²) in [6.45, 7) is 6.01. The number of carboxylic acids is 1. The van der Waals surface area contributed by atoms with Crippen LogP contribution < -0.4 is 5.32 Å². The lowest BCUT2D eigenvalue weighted by Crippen LogP contribution is -2.28. The summed E-state index contributed by atoms with van der Waals surface area (Å²) < 4.78 is 0. The summed E-state index contributed by atoms with van der Waals surface area (Å²) in [5, 5.41) is 11.5. The molecule has 0 aromatic heterocycles. The van der Waals surface area contributed by atoms with Gasteiger partial charge in [-0.15, -0.1) is 0 Å². The molecule has 1 rings (SSSR count). The molecule has 4 heteroatoms. The SMILES string of the molecule is Cc1ccc(C)c(CC(=O)NCCC(C)C(=O)O)c1. The number of benzene rings is 1. The first-order valence-corrected chi connectivity index (χ1v) is 6.45. The van der Waals surface area contributed by atoms with Gasteiger partial charge in [0, 0.05) is 6.54 Å². The maximum atomic E-state index is 11.8. The molecule has 0 spiro atoms. The normalized spacial score (nSPS) is 11.9. The molecule has 0 heterocycles. The summed E-state index contributed by atoms with van der Waals surface area (Å²) in [5.41, 5.74) is 3.25. The standard InChI is InChI=1S/C15H21NO3/c1-10-4-5-11(2)13(8-10)9-14(17)16-7-6-12(3)15(18)19/h4-5,8,12H,6-7,9H2,1-3H3,(H,16,17)(H,18,19). The number of aliphatic carboxylic acids is 1. The number of carbonyl (C=O) groups excluding carboxylic acids is 1. The largest absolute Gasteiger partial charge is 0.481 e. The van der Waals surface area contributed by atoms with E-state index in [-0.39, 0.29) is 5.91 Å². The van der Waals surface area contributed by atoms with Crippen LogP contribution in [0.15, 0.2) is 18.2 Å². The molecule has 0 fully saturated rings. The molecule has 4 nitrogen and oxygen atoms in total. The van der Waals surface area contributed by atoms with Crippen LogP contribution >= 0.6 is 0 Å². The number of carboxylic acid groups (broad SMARTS) is 1. The van der Waals surface area contributed by atoms with Gasteiger partial charge in [-0.3, -0.25) is 9.59 Å². The maximum absolute atomic E-state index is 11.8. The number of nitrogens with one attached hydrogen (secondary N) is 1. The van der Waals surface area contributed by atoms with Gasteiger partial charge in [0.15, 0.2) is 0 Å². The Morgan fingerprint density at radius 2 is 2.00 bits per heavy atom. The molecule has 0 saturated carbocycles. The molecule has 1 aromatic rings. The summed E-state index contributed by atoms with van der Waals surface area (Å²) in [6, 6.07) is 6.03. The van der Waals surface area contributed by atoms with Crippen molar-refractivity contribution >= 4 is 11.9 Å². The van der Waals surface area contributed by atoms with Gasteiger partial charge in [-0.05, 0) is 31.4 Å². The average Bonchev–Trinajstić information content (AvgIpc) is 2.33. The molecule has 1 amide bonds. The fraction of sp³-hybridized carbons (Fsp3) is 0.467. The minimum absolute atomic E-state index is 0.0636. The number of aryl methyl sites for hydroxylation is 2. The van der Waals surface area contributed by atoms with Gasteiger partial charge in [-0.25, -0.2) is 0 Å². The lowest BCUT2D eigenvalue weighted by molar-refractivity contribution is -0.141. The van der Waals surface area contributed by atoms with Crippen molar-refractivity contribution < 1.29 is 14.7 Å². The molecule has 0 aliphatic rings. The van der Waals surface area contributed by atoms with E-state index in [1.54, 1.807) is 6.92 Å². The van der Waals surface area contributed by atoms with Crippen molar-refractivity contribution in [3.05, 3.63) is 34.9 Å². The van der Waals surface area contributed by atoms with Crippen molar-refractivity contribution in [3.8, 4) is 0 Å². The molecule has 19 heavy (non-hydrogen) atoms. The highest BCUT2D eigenvalue weighted by Gasteiger charge is 2.11. The lowest BCUT2D eigenvalue weighted by atomic mass is 10.0. The molecule has 0 aliphatic heterocycles. The van der Waals surface area contributed by atoms with Crippen LogP contribution in [0.3, 0.4) is 0 Å². The molecule has 1 aromatic carbocycles. The predicted molar refractivity (Wildman–Crippen MR) is 74.0 cm³/mol. The maximum Gasteiger partial charge on any atom is 0.306 e. The molecule has 0 radical (unpaired) electrons. The lowest BCUT2D eigenvalue weighted by Gasteiger charge is -2.09. The summed E-state index contributed by atoms with van der Waals surface area (Å²) in [5.74, 6) is -1.32. The molecule has 1 unspecified atom stereocenters. The van der Waals surface area contributed by atoms with E-state index < -0.39 is 11.9 Å². The first kappa shape index (κ1) is 15.2. The highest BCUT2D eigenvalue weighted by Crippen LogP contribution is 2.11. The van der Waals surface area contributed by atoms with Crippen molar-refractivity contribution in [2.75, 3.05) is 6.54 Å². The van der Waals surface area contributed by atoms with Crippen LogP contribution in [0.4, 0.5) is 0 Å². The van der Waals surface area contributed by atoms with Crippen LogP contribution in [-0.2, 0) is 16.0 Å². The highest BCUT2D eigenvalue weighted by molar-refractivity contribution is 5.79. The van der Waals surface area contributed by atoms with Gasteiger partial charge in [-0.1, -0.05) is 30.7 Å². The number of hydrogen-bond acceptors (Lipinski definition) is 2. The Kier molecular flexibility index (Phi) is 5.55. The van der Waals surface area contributed by atoms with Crippen LogP contribution in [0.25, 0.3) is 0 Å². The Labute approximate surface area is 113 Å². The van der Waals surface area contributed by atoms with E-state index in [0.717, 1.165) is 16.7 Å². The van der Waals surface area contributed by atoms with Gasteiger partial charge in [0.05, 0.1) is 12.3 Å². The second kappa shape index (κ2) is 6.92. The average molecular weight is 263 g/mol. The minimum atomic E-state index is -0.830. The van der Waals surface area contributed by atoms with Crippen LogP contribution in [0, 0.1) is 19.8 Å². The quantitative estimate of drug-likeness (QED) is 0.825. The third-order valence-electron chi connectivity index (χ3n) is 3.18. The minimum Gasteiger partial charge on any atom is -0.481 e. The van der Waals surface area contributed by atoms with Crippen molar-refractivity contribution in [1.82, 2.24) is 5.32 Å². The van der Waals surface area contributed by atoms with Gasteiger partial charge in [0.25, 0.3) is 0 Å². The molecular weight excluding hydrogens is 242 g/mol. The van der Waals surface area contributed by atoms with Crippen LogP contribution in [0.2, 0.25) is 0 Å². The van der Waals surface area contributed by atoms with E-state index in [0.29, 0.717) is 19.4 Å². The van der Waals surface area contributed by atoms with Crippen LogP contribution in [0.1, 0.15) is 30.0 Å². The smallest absolute Gasteiger partial charge is 0.306 e. The van der Waals surface area contributed by atoms with E-state index in [9.17, 15) is 9.59 Å². The Bertz CT molecular complexity index is 468. The van der Waals surface area contributed by atoms with Gasteiger partial charge >= 0.3 is 5.97 Å². The molecule has 0 aliphatic carbocycles. The second-order valence-electron chi connectivity index (χ2n) is 4.98. The summed E-state index contributed by atoms with van der Waals surface area (Å²) >= 11 is 0. The first-order chi connectivity index (χ1) is 8.90. The van der Waals surface area contributed by atoms with Gasteiger partial charge in [0.2, 0.25) is 5.91 Å². The zero-order valence-corrected chi connectivity index (χ0v) is 11.7. The first-order valence-electron chi connectivity index (χ1n) is 6.45. The topological polar surface area (TPSA) is 66.4 Å². The monoisotopic (exact) mass is 263 g/mol. The van der Waals surface area contributed by atoms with E-state index in [2.05, 4.69) is 5.32 Å². The van der Waals surface area contributed by atoms with Crippen LogP contribution in [-0.4, -0.2) is 23.5 Å². The van der Waals surface area contributed by atoms with E-state index in [4.69, 9.17) is 5.11 Å². The Morgan fingerprint density at radius 3 is 2.63 bits per heavy atom. The van der Waals surface area contributed by atoms with E-state index in [1.807, 2.05) is 32.0 Å². The molecule has 104 valence electrons. The van der Waals surface area contributed by atoms with Gasteiger partial charge in [-0.2, -0.15) is 0 Å². The van der Waals surface area contributed by atoms with Crippen molar-refractivity contribution in [2.45, 2.75) is 33.6 Å². The number of amides is 1. The zero-order valence-electron chi connectivity index (χ0n) is 11.7. The van der Waals surface area contributed by atoms with Gasteiger partial charge < -0.3 is 10.4 Å². The third kappa shape index (κ3) is 5.12. The van der Waals surface area contributed by atoms with Crippen LogP contribution in [0.5, 0.6) is 0 Å². The van der Waals surface area contributed by atoms with E-state index in [1.165, 1.54) is 0 Å². The fourth-order valence-electron chi connectivity index (χ4n) is 1.78. The van der Waals surface area contributed by atoms with E-state index >= 15 is 0 Å². The zero-order chi connectivity index (χ0) is 14.4. The number of hydrogen-bond donors (Lipinski definition) is 2.